The van der Waals surface area contributed by atoms with Gasteiger partial charge in [-0.1, -0.05) is 48.0 Å². The largest absolute Gasteiger partial charge is 0.323 e. The molecule has 3 aromatic rings. The number of aryl methyl sites for hydroxylation is 1. The van der Waals surface area contributed by atoms with Crippen molar-refractivity contribution >= 4 is 40.0 Å². The number of hydrogen-bond acceptors (Lipinski definition) is 5. The fourth-order valence-electron chi connectivity index (χ4n) is 4.43. The van der Waals surface area contributed by atoms with Gasteiger partial charge in [0.15, 0.2) is 11.7 Å². The first-order chi connectivity index (χ1) is 14.6. The van der Waals surface area contributed by atoms with E-state index in [1.165, 1.54) is 0 Å². The Morgan fingerprint density at radius 3 is 2.63 bits per heavy atom. The third-order valence-corrected chi connectivity index (χ3v) is 5.81. The Labute approximate surface area is 177 Å². The number of aliphatic imine (C=N–C) groups is 1. The molecule has 1 amide bonds. The van der Waals surface area contributed by atoms with E-state index in [0.29, 0.717) is 22.9 Å². The smallest absolute Gasteiger partial charge is 0.262 e. The molecule has 0 saturated heterocycles. The van der Waals surface area contributed by atoms with E-state index in [1.54, 1.807) is 21.8 Å². The summed E-state index contributed by atoms with van der Waals surface area (Å²) in [6.45, 7) is 1.89. The average Bonchev–Trinajstić information content (AvgIpc) is 3.24. The summed E-state index contributed by atoms with van der Waals surface area (Å²) in [5, 5.41) is 14.2. The van der Waals surface area contributed by atoms with Crippen LogP contribution in [0.25, 0.3) is 5.69 Å². The number of hydrogen-bond donors (Lipinski definition) is 1. The van der Waals surface area contributed by atoms with Gasteiger partial charge in [0, 0.05) is 11.3 Å². The fourth-order valence-corrected chi connectivity index (χ4v) is 4.57. The van der Waals surface area contributed by atoms with Gasteiger partial charge in [-0.3, -0.25) is 4.79 Å². The van der Waals surface area contributed by atoms with E-state index in [-0.39, 0.29) is 11.1 Å². The molecule has 0 fully saturated rings. The van der Waals surface area contributed by atoms with Crippen LogP contribution < -0.4 is 5.32 Å². The van der Waals surface area contributed by atoms with Gasteiger partial charge >= 0.3 is 0 Å². The molecule has 30 heavy (non-hydrogen) atoms. The van der Waals surface area contributed by atoms with E-state index in [0.717, 1.165) is 16.9 Å². The SMILES string of the molecule is Cc1nn(-c2ccccc2)c2c1[C@]1(C(=O)Nc3ccccc31)N1N=C(Cl)C=CC1=N2. The Kier molecular flexibility index (Phi) is 3.38. The Morgan fingerprint density at radius 2 is 1.80 bits per heavy atom. The molecule has 0 unspecified atom stereocenters. The highest BCUT2D eigenvalue weighted by molar-refractivity contribution is 6.68. The molecule has 0 saturated carbocycles. The number of amidine groups is 1. The maximum atomic E-state index is 13.6. The van der Waals surface area contributed by atoms with Crippen molar-refractivity contribution in [3.05, 3.63) is 83.6 Å². The lowest BCUT2D eigenvalue weighted by Crippen LogP contribution is -2.54. The molecule has 0 aliphatic carbocycles. The van der Waals surface area contributed by atoms with E-state index in [2.05, 4.69) is 10.4 Å². The zero-order valence-electron chi connectivity index (χ0n) is 15.9. The lowest BCUT2D eigenvalue weighted by molar-refractivity contribution is -0.123. The van der Waals surface area contributed by atoms with Crippen LogP contribution >= 0.6 is 11.6 Å². The molecule has 146 valence electrons. The van der Waals surface area contributed by atoms with Crippen LogP contribution in [0.1, 0.15) is 16.8 Å². The lowest BCUT2D eigenvalue weighted by Gasteiger charge is -2.40. The zero-order chi connectivity index (χ0) is 20.5. The fraction of sp³-hybridized carbons (Fsp3) is 0.0909. The highest BCUT2D eigenvalue weighted by atomic mass is 35.5. The van der Waals surface area contributed by atoms with Crippen LogP contribution in [0.3, 0.4) is 0 Å². The maximum absolute atomic E-state index is 13.6. The summed E-state index contributed by atoms with van der Waals surface area (Å²) in [6, 6.07) is 17.4. The number of para-hydroxylation sites is 2. The number of hydrazone groups is 1. The van der Waals surface area contributed by atoms with Crippen molar-refractivity contribution in [2.45, 2.75) is 12.5 Å². The summed E-state index contributed by atoms with van der Waals surface area (Å²) in [5.41, 5.74) is 2.55. The first-order valence-electron chi connectivity index (χ1n) is 9.48. The van der Waals surface area contributed by atoms with Gasteiger partial charge in [0.2, 0.25) is 5.54 Å². The number of nitrogens with zero attached hydrogens (tertiary/aromatic N) is 5. The van der Waals surface area contributed by atoms with Crippen LogP contribution in [0.4, 0.5) is 11.5 Å². The molecule has 2 aromatic carbocycles. The number of halogens is 1. The lowest BCUT2D eigenvalue weighted by atomic mass is 9.81. The van der Waals surface area contributed by atoms with Crippen molar-refractivity contribution in [3.8, 4) is 5.69 Å². The Hall–Kier alpha value is -3.71. The van der Waals surface area contributed by atoms with Crippen LogP contribution in [0.5, 0.6) is 0 Å². The third-order valence-electron chi connectivity index (χ3n) is 5.61. The van der Waals surface area contributed by atoms with E-state index in [1.807, 2.05) is 61.5 Å². The normalized spacial score (nSPS) is 21.0. The van der Waals surface area contributed by atoms with Crippen molar-refractivity contribution in [1.82, 2.24) is 14.8 Å². The number of carbonyl (C=O) groups is 1. The molecular formula is C22H15ClN6O. The van der Waals surface area contributed by atoms with Crippen LogP contribution in [0.2, 0.25) is 0 Å². The quantitative estimate of drug-likeness (QED) is 0.657. The van der Waals surface area contributed by atoms with Gasteiger partial charge < -0.3 is 5.32 Å². The van der Waals surface area contributed by atoms with Crippen LogP contribution in [0.15, 0.2) is 76.8 Å². The minimum atomic E-state index is -1.25. The predicted octanol–water partition coefficient (Wildman–Crippen LogP) is 3.84. The van der Waals surface area contributed by atoms with Crippen molar-refractivity contribution in [1.29, 1.82) is 0 Å². The van der Waals surface area contributed by atoms with E-state index < -0.39 is 5.54 Å². The summed E-state index contributed by atoms with van der Waals surface area (Å²) in [6.07, 6.45) is 3.44. The molecule has 4 heterocycles. The number of allylic oxidation sites excluding steroid dienone is 1. The maximum Gasteiger partial charge on any atom is 0.262 e. The third kappa shape index (κ3) is 2.04. The summed E-state index contributed by atoms with van der Waals surface area (Å²) >= 11 is 6.25. The van der Waals surface area contributed by atoms with Crippen molar-refractivity contribution in [2.75, 3.05) is 5.32 Å². The molecule has 0 bridgehead atoms. The van der Waals surface area contributed by atoms with Gasteiger partial charge in [0.25, 0.3) is 5.91 Å². The second-order valence-electron chi connectivity index (χ2n) is 7.28. The molecule has 1 aromatic heterocycles. The van der Waals surface area contributed by atoms with Crippen molar-refractivity contribution < 1.29 is 4.79 Å². The predicted molar refractivity (Wildman–Crippen MR) is 116 cm³/mol. The molecular weight excluding hydrogens is 400 g/mol. The second-order valence-corrected chi connectivity index (χ2v) is 7.67. The van der Waals surface area contributed by atoms with Gasteiger partial charge in [0.1, 0.15) is 5.17 Å². The van der Waals surface area contributed by atoms with E-state index >= 15 is 0 Å². The number of amides is 1. The molecule has 3 aliphatic heterocycles. The van der Waals surface area contributed by atoms with Gasteiger partial charge in [-0.2, -0.15) is 10.2 Å². The molecule has 8 heteroatoms. The Morgan fingerprint density at radius 1 is 1.03 bits per heavy atom. The molecule has 1 atom stereocenters. The molecule has 1 spiro atoms. The minimum absolute atomic E-state index is 0.212. The summed E-state index contributed by atoms with van der Waals surface area (Å²) in [7, 11) is 0. The summed E-state index contributed by atoms with van der Waals surface area (Å²) in [4.78, 5) is 18.5. The minimum Gasteiger partial charge on any atom is -0.323 e. The van der Waals surface area contributed by atoms with E-state index in [4.69, 9.17) is 21.7 Å². The highest BCUT2D eigenvalue weighted by Gasteiger charge is 2.59. The number of aromatic nitrogens is 2. The molecule has 6 rings (SSSR count). The van der Waals surface area contributed by atoms with Gasteiger partial charge in [-0.05, 0) is 37.3 Å². The van der Waals surface area contributed by atoms with Gasteiger partial charge in [0.05, 0.1) is 16.9 Å². The number of rotatable bonds is 1. The molecule has 1 N–H and O–H groups in total. The molecule has 0 radical (unpaired) electrons. The van der Waals surface area contributed by atoms with Gasteiger partial charge in [-0.25, -0.2) is 14.7 Å². The van der Waals surface area contributed by atoms with Gasteiger partial charge in [-0.15, -0.1) is 0 Å². The van der Waals surface area contributed by atoms with Crippen molar-refractivity contribution in [3.63, 3.8) is 0 Å². The number of nitrogens with one attached hydrogen (secondary N) is 1. The van der Waals surface area contributed by atoms with Crippen LogP contribution in [-0.2, 0) is 10.3 Å². The van der Waals surface area contributed by atoms with Crippen LogP contribution in [0, 0.1) is 6.92 Å². The van der Waals surface area contributed by atoms with Crippen LogP contribution in [-0.4, -0.2) is 31.7 Å². The highest BCUT2D eigenvalue weighted by Crippen LogP contribution is 2.52. The first kappa shape index (κ1) is 17.2. The Bertz CT molecular complexity index is 1320. The number of fused-ring (bicyclic) bond motifs is 6. The number of anilines is 1. The molecule has 7 nitrogen and oxygen atoms in total. The standard InChI is InChI=1S/C22H15ClN6O/c1-13-19-20(28(26-13)14-7-3-2-4-8-14)25-18-12-11-17(23)27-29(18)22(19)15-9-5-6-10-16(15)24-21(22)30/h2-12H,1H3,(H,24,30)/t22-/m1/s1. The number of benzene rings is 2. The first-order valence-corrected chi connectivity index (χ1v) is 9.86. The topological polar surface area (TPSA) is 74.9 Å². The average molecular weight is 415 g/mol. The number of carbonyl (C=O) groups excluding carboxylic acids is 1. The van der Waals surface area contributed by atoms with E-state index in [9.17, 15) is 4.79 Å². The van der Waals surface area contributed by atoms with Crippen molar-refractivity contribution in [2.24, 2.45) is 10.1 Å². The summed E-state index contributed by atoms with van der Waals surface area (Å²) < 4.78 is 1.78. The Balaban J connectivity index is 1.74. The second kappa shape index (κ2) is 5.90. The zero-order valence-corrected chi connectivity index (χ0v) is 16.6. The summed E-state index contributed by atoms with van der Waals surface area (Å²) in [5.74, 6) is 0.919. The monoisotopic (exact) mass is 414 g/mol. The molecule has 3 aliphatic rings.